The van der Waals surface area contributed by atoms with E-state index in [1.807, 2.05) is 42.5 Å². The molecule has 8 nitrogen and oxygen atoms in total. The van der Waals surface area contributed by atoms with Gasteiger partial charge in [-0.25, -0.2) is 0 Å². The molecule has 0 aromatic heterocycles. The third-order valence-corrected chi connectivity index (χ3v) is 5.17. The highest BCUT2D eigenvalue weighted by molar-refractivity contribution is 5.73. The van der Waals surface area contributed by atoms with Gasteiger partial charge in [0, 0.05) is 37.2 Å². The Balaban J connectivity index is 2.07. The van der Waals surface area contributed by atoms with Crippen LogP contribution in [0.4, 0.5) is 0 Å². The zero-order valence-electron chi connectivity index (χ0n) is 19.0. The minimum Gasteiger partial charge on any atom is -0.481 e. The molecule has 0 aliphatic heterocycles. The Labute approximate surface area is 198 Å². The van der Waals surface area contributed by atoms with Crippen molar-refractivity contribution in [2.45, 2.75) is 57.3 Å². The van der Waals surface area contributed by atoms with Crippen molar-refractivity contribution in [3.8, 4) is 5.75 Å². The van der Waals surface area contributed by atoms with E-state index in [1.54, 1.807) is 12.1 Å². The van der Waals surface area contributed by atoms with E-state index in [9.17, 15) is 19.2 Å². The van der Waals surface area contributed by atoms with Gasteiger partial charge in [0.05, 0.1) is 0 Å². The van der Waals surface area contributed by atoms with Gasteiger partial charge in [-0.3, -0.25) is 19.2 Å². The number of hydrogen-bond donors (Lipinski definition) is 2. The molecule has 0 aliphatic rings. The summed E-state index contributed by atoms with van der Waals surface area (Å²) in [6.45, 7) is 0.0367. The molecule has 0 aliphatic carbocycles. The Morgan fingerprint density at radius 3 is 1.82 bits per heavy atom. The number of carbonyl (C=O) groups is 4. The molecule has 1 unspecified atom stereocenters. The van der Waals surface area contributed by atoms with Crippen LogP contribution in [-0.4, -0.2) is 40.7 Å². The van der Waals surface area contributed by atoms with E-state index in [2.05, 4.69) is 0 Å². The predicted molar refractivity (Wildman–Crippen MR) is 124 cm³/mol. The first kappa shape index (κ1) is 26.6. The topological polar surface area (TPSA) is 127 Å². The summed E-state index contributed by atoms with van der Waals surface area (Å²) in [5.74, 6) is -2.69. The van der Waals surface area contributed by atoms with Crippen molar-refractivity contribution in [3.63, 3.8) is 0 Å². The van der Waals surface area contributed by atoms with Crippen LogP contribution in [-0.2, 0) is 23.9 Å². The quantitative estimate of drug-likeness (QED) is 0.220. The maximum absolute atomic E-state index is 12.3. The van der Waals surface area contributed by atoms with Gasteiger partial charge in [0.25, 0.3) is 0 Å². The molecule has 0 heterocycles. The fraction of sp³-hybridized carbons (Fsp3) is 0.385. The predicted octanol–water partition coefficient (Wildman–Crippen LogP) is 4.56. The number of para-hydroxylation sites is 1. The summed E-state index contributed by atoms with van der Waals surface area (Å²) < 4.78 is 11.1. The first-order chi connectivity index (χ1) is 16.4. The molecule has 0 bridgehead atoms. The van der Waals surface area contributed by atoms with Gasteiger partial charge in [-0.2, -0.15) is 0 Å². The highest BCUT2D eigenvalue weighted by atomic mass is 16.5. The fourth-order valence-corrected chi connectivity index (χ4v) is 3.43. The highest BCUT2D eigenvalue weighted by Crippen LogP contribution is 2.32. The third kappa shape index (κ3) is 9.85. The molecule has 0 spiro atoms. The van der Waals surface area contributed by atoms with E-state index in [0.717, 1.165) is 5.56 Å². The summed E-state index contributed by atoms with van der Waals surface area (Å²) in [5.41, 5.74) is 1.57. The number of benzene rings is 2. The van der Waals surface area contributed by atoms with E-state index in [0.29, 0.717) is 37.0 Å². The van der Waals surface area contributed by atoms with Gasteiger partial charge in [-0.15, -0.1) is 0 Å². The second-order valence-electron chi connectivity index (χ2n) is 7.86. The lowest BCUT2D eigenvalue weighted by molar-refractivity contribution is -0.144. The average Bonchev–Trinajstić information content (AvgIpc) is 2.81. The van der Waals surface area contributed by atoms with E-state index in [1.165, 1.54) is 0 Å². The zero-order valence-corrected chi connectivity index (χ0v) is 19.0. The Morgan fingerprint density at radius 2 is 1.21 bits per heavy atom. The maximum atomic E-state index is 12.3. The van der Waals surface area contributed by atoms with Crippen LogP contribution in [0.5, 0.6) is 5.75 Å². The van der Waals surface area contributed by atoms with Crippen LogP contribution < -0.4 is 4.74 Å². The molecule has 2 rings (SSSR count). The van der Waals surface area contributed by atoms with E-state index in [4.69, 9.17) is 19.7 Å². The minimum atomic E-state index is -0.902. The molecule has 0 fully saturated rings. The number of carboxylic acids is 2. The molecule has 2 N–H and O–H groups in total. The van der Waals surface area contributed by atoms with Crippen LogP contribution in [0.3, 0.4) is 0 Å². The molecule has 34 heavy (non-hydrogen) atoms. The molecule has 2 aromatic rings. The number of esters is 2. The molecule has 1 atom stereocenters. The number of carboxylic acid groups (broad SMARTS) is 2. The smallest absolute Gasteiger partial charge is 0.311 e. The monoisotopic (exact) mass is 470 g/mol. The lowest BCUT2D eigenvalue weighted by Gasteiger charge is -2.21. The Bertz CT molecular complexity index is 954. The van der Waals surface area contributed by atoms with Gasteiger partial charge in [-0.1, -0.05) is 48.5 Å². The van der Waals surface area contributed by atoms with Crippen molar-refractivity contribution < 1.29 is 38.9 Å². The molecule has 0 amide bonds. The van der Waals surface area contributed by atoms with Crippen molar-refractivity contribution in [1.82, 2.24) is 0 Å². The van der Waals surface area contributed by atoms with Crippen LogP contribution in [0.25, 0.3) is 0 Å². The number of ether oxygens (including phenoxy) is 2. The molecular weight excluding hydrogens is 440 g/mol. The molecule has 2 aromatic carbocycles. The van der Waals surface area contributed by atoms with Gasteiger partial charge < -0.3 is 19.7 Å². The van der Waals surface area contributed by atoms with Gasteiger partial charge >= 0.3 is 23.9 Å². The lowest BCUT2D eigenvalue weighted by Crippen LogP contribution is -2.16. The Hall–Kier alpha value is -3.68. The summed E-state index contributed by atoms with van der Waals surface area (Å²) in [6.07, 6.45) is 1.87. The first-order valence-corrected chi connectivity index (χ1v) is 11.3. The molecular formula is C26H30O8. The van der Waals surface area contributed by atoms with E-state index in [-0.39, 0.29) is 38.2 Å². The second-order valence-corrected chi connectivity index (χ2v) is 7.86. The van der Waals surface area contributed by atoms with Crippen molar-refractivity contribution >= 4 is 23.9 Å². The van der Waals surface area contributed by atoms with Crippen LogP contribution >= 0.6 is 0 Å². The van der Waals surface area contributed by atoms with E-state index < -0.39 is 23.9 Å². The minimum absolute atomic E-state index is 0.00161. The Kier molecular flexibility index (Phi) is 11.3. The highest BCUT2D eigenvalue weighted by Gasteiger charge is 2.21. The van der Waals surface area contributed by atoms with Crippen LogP contribution in [0, 0.1) is 0 Å². The Morgan fingerprint density at radius 1 is 0.676 bits per heavy atom. The number of unbranched alkanes of at least 4 members (excludes halogenated alkanes) is 2. The number of rotatable bonds is 15. The van der Waals surface area contributed by atoms with Gasteiger partial charge in [0.1, 0.15) is 12.4 Å². The molecule has 0 saturated heterocycles. The van der Waals surface area contributed by atoms with Crippen molar-refractivity contribution in [1.29, 1.82) is 0 Å². The van der Waals surface area contributed by atoms with Crippen LogP contribution in [0.2, 0.25) is 0 Å². The lowest BCUT2D eigenvalue weighted by atomic mass is 9.91. The molecule has 0 saturated carbocycles. The summed E-state index contributed by atoms with van der Waals surface area (Å²) in [6, 6.07) is 16.4. The standard InChI is InChI=1S/C26H30O8/c27-23(28)14-6-8-16-25(31)33-18-21(19-10-2-1-3-11-19)20-12-4-5-13-22(20)34-26(32)17-9-7-15-24(29)30/h1-5,10-13,21H,6-9,14-18H2,(H,27,28)(H,29,30). The van der Waals surface area contributed by atoms with Crippen molar-refractivity contribution in [2.24, 2.45) is 0 Å². The second kappa shape index (κ2) is 14.5. The molecule has 8 heteroatoms. The van der Waals surface area contributed by atoms with Crippen LogP contribution in [0.15, 0.2) is 54.6 Å². The summed E-state index contributed by atoms with van der Waals surface area (Å²) in [7, 11) is 0. The summed E-state index contributed by atoms with van der Waals surface area (Å²) >= 11 is 0. The fourth-order valence-electron chi connectivity index (χ4n) is 3.43. The number of hydrogen-bond acceptors (Lipinski definition) is 6. The third-order valence-electron chi connectivity index (χ3n) is 5.17. The summed E-state index contributed by atoms with van der Waals surface area (Å²) in [4.78, 5) is 45.8. The normalized spacial score (nSPS) is 11.4. The van der Waals surface area contributed by atoms with Gasteiger partial charge in [0.15, 0.2) is 0 Å². The molecule has 0 radical (unpaired) electrons. The zero-order chi connectivity index (χ0) is 24.8. The number of carbonyl (C=O) groups excluding carboxylic acids is 2. The van der Waals surface area contributed by atoms with Gasteiger partial charge in [0.2, 0.25) is 0 Å². The summed E-state index contributed by atoms with van der Waals surface area (Å²) in [5, 5.41) is 17.4. The van der Waals surface area contributed by atoms with Crippen molar-refractivity contribution in [2.75, 3.05) is 6.61 Å². The van der Waals surface area contributed by atoms with Crippen LogP contribution in [0.1, 0.15) is 68.4 Å². The maximum Gasteiger partial charge on any atom is 0.311 e. The SMILES string of the molecule is O=C(O)CCCCC(=O)OCC(c1ccccc1)c1ccccc1OC(=O)CCCCC(=O)O. The average molecular weight is 471 g/mol. The first-order valence-electron chi connectivity index (χ1n) is 11.3. The molecule has 182 valence electrons. The van der Waals surface area contributed by atoms with Gasteiger partial charge in [-0.05, 0) is 37.3 Å². The number of aliphatic carboxylic acids is 2. The van der Waals surface area contributed by atoms with Crippen molar-refractivity contribution in [3.05, 3.63) is 65.7 Å². The largest absolute Gasteiger partial charge is 0.481 e. The van der Waals surface area contributed by atoms with E-state index >= 15 is 0 Å².